The summed E-state index contributed by atoms with van der Waals surface area (Å²) in [7, 11) is 0. The van der Waals surface area contributed by atoms with Gasteiger partial charge in [-0.3, -0.25) is 4.79 Å². The third kappa shape index (κ3) is 3.12. The summed E-state index contributed by atoms with van der Waals surface area (Å²) in [6.45, 7) is 4.05. The van der Waals surface area contributed by atoms with E-state index >= 15 is 0 Å². The molecule has 17 heavy (non-hydrogen) atoms. The predicted octanol–water partition coefficient (Wildman–Crippen LogP) is 0.214. The predicted molar refractivity (Wildman–Crippen MR) is 67.6 cm³/mol. The Kier molecular flexibility index (Phi) is 3.88. The first-order valence-corrected chi connectivity index (χ1v) is 6.78. The molecule has 1 aliphatic heterocycles. The van der Waals surface area contributed by atoms with E-state index in [0.717, 1.165) is 25.3 Å². The maximum atomic E-state index is 12.0. The van der Waals surface area contributed by atoms with Crippen molar-refractivity contribution in [1.82, 2.24) is 19.7 Å². The molecule has 1 saturated heterocycles. The minimum Gasteiger partial charge on any atom is -0.367 e. The van der Waals surface area contributed by atoms with Gasteiger partial charge in [0.05, 0.1) is 0 Å². The molecular formula is C10H17N5OS. The molecular weight excluding hydrogens is 238 g/mol. The van der Waals surface area contributed by atoms with Crippen LogP contribution in [-0.2, 0) is 11.3 Å². The van der Waals surface area contributed by atoms with Gasteiger partial charge in [0.1, 0.15) is 12.9 Å². The number of amides is 1. The Morgan fingerprint density at radius 1 is 1.71 bits per heavy atom. The van der Waals surface area contributed by atoms with Crippen LogP contribution in [0.1, 0.15) is 13.3 Å². The van der Waals surface area contributed by atoms with E-state index in [4.69, 9.17) is 5.73 Å². The van der Waals surface area contributed by atoms with Crippen molar-refractivity contribution in [3.63, 3.8) is 0 Å². The lowest BCUT2D eigenvalue weighted by Gasteiger charge is -2.31. The van der Waals surface area contributed by atoms with Gasteiger partial charge in [0, 0.05) is 24.1 Å². The first-order valence-electron chi connectivity index (χ1n) is 5.73. The monoisotopic (exact) mass is 255 g/mol. The summed E-state index contributed by atoms with van der Waals surface area (Å²) in [6.07, 6.45) is 2.59. The average Bonchev–Trinajstić information content (AvgIpc) is 2.75. The number of hydrogen-bond donors (Lipinski definition) is 1. The molecule has 1 fully saturated rings. The topological polar surface area (TPSA) is 77.0 Å². The standard InChI is InChI=1S/C10H17N5OS/c1-2-8-5-14(3-4-17-8)9(16)6-15-7-12-10(11)13-15/h7-8H,2-6H2,1H3,(H2,11,13). The molecule has 94 valence electrons. The first-order chi connectivity index (χ1) is 8.19. The van der Waals surface area contributed by atoms with Gasteiger partial charge >= 0.3 is 0 Å². The molecule has 0 spiro atoms. The van der Waals surface area contributed by atoms with E-state index in [1.165, 1.54) is 11.0 Å². The van der Waals surface area contributed by atoms with E-state index in [0.29, 0.717) is 5.25 Å². The summed E-state index contributed by atoms with van der Waals surface area (Å²) in [5, 5.41) is 4.48. The molecule has 1 unspecified atom stereocenters. The summed E-state index contributed by atoms with van der Waals surface area (Å²) in [5.74, 6) is 1.32. The van der Waals surface area contributed by atoms with E-state index in [2.05, 4.69) is 17.0 Å². The highest BCUT2D eigenvalue weighted by Gasteiger charge is 2.23. The van der Waals surface area contributed by atoms with Crippen molar-refractivity contribution < 1.29 is 4.79 Å². The van der Waals surface area contributed by atoms with E-state index in [-0.39, 0.29) is 18.4 Å². The second-order valence-electron chi connectivity index (χ2n) is 4.04. The minimum atomic E-state index is 0.0913. The molecule has 0 aliphatic carbocycles. The number of aromatic nitrogens is 3. The van der Waals surface area contributed by atoms with Crippen molar-refractivity contribution in [2.45, 2.75) is 25.1 Å². The van der Waals surface area contributed by atoms with Crippen LogP contribution in [0.3, 0.4) is 0 Å². The van der Waals surface area contributed by atoms with Crippen LogP contribution in [0.5, 0.6) is 0 Å². The zero-order valence-corrected chi connectivity index (χ0v) is 10.7. The van der Waals surface area contributed by atoms with Gasteiger partial charge < -0.3 is 10.6 Å². The normalized spacial score (nSPS) is 20.5. The van der Waals surface area contributed by atoms with Gasteiger partial charge in [-0.1, -0.05) is 6.92 Å². The van der Waals surface area contributed by atoms with Crippen molar-refractivity contribution in [1.29, 1.82) is 0 Å². The van der Waals surface area contributed by atoms with Crippen LogP contribution in [0.25, 0.3) is 0 Å². The molecule has 0 bridgehead atoms. The van der Waals surface area contributed by atoms with Crippen LogP contribution < -0.4 is 5.73 Å². The molecule has 7 heteroatoms. The first kappa shape index (κ1) is 12.2. The number of thioether (sulfide) groups is 1. The largest absolute Gasteiger partial charge is 0.367 e. The molecule has 1 amide bonds. The molecule has 1 aromatic heterocycles. The number of anilines is 1. The fourth-order valence-corrected chi connectivity index (χ4v) is 3.00. The second kappa shape index (κ2) is 5.39. The number of nitrogens with zero attached hydrogens (tertiary/aromatic N) is 4. The van der Waals surface area contributed by atoms with Crippen molar-refractivity contribution in [2.24, 2.45) is 0 Å². The number of carbonyl (C=O) groups is 1. The molecule has 2 heterocycles. The third-order valence-electron chi connectivity index (χ3n) is 2.80. The molecule has 1 aliphatic rings. The lowest BCUT2D eigenvalue weighted by molar-refractivity contribution is -0.131. The maximum absolute atomic E-state index is 12.0. The van der Waals surface area contributed by atoms with E-state index in [1.807, 2.05) is 16.7 Å². The summed E-state index contributed by atoms with van der Waals surface area (Å²) >= 11 is 1.95. The molecule has 6 nitrogen and oxygen atoms in total. The Morgan fingerprint density at radius 3 is 3.18 bits per heavy atom. The Morgan fingerprint density at radius 2 is 2.53 bits per heavy atom. The van der Waals surface area contributed by atoms with Gasteiger partial charge in [-0.05, 0) is 6.42 Å². The van der Waals surface area contributed by atoms with Crippen LogP contribution in [0, 0.1) is 0 Å². The fourth-order valence-electron chi connectivity index (χ4n) is 1.82. The number of nitrogens with two attached hydrogens (primary N) is 1. The van der Waals surface area contributed by atoms with Gasteiger partial charge in [0.25, 0.3) is 0 Å². The number of nitrogen functional groups attached to an aromatic ring is 1. The zero-order chi connectivity index (χ0) is 12.3. The van der Waals surface area contributed by atoms with Gasteiger partial charge in [0.15, 0.2) is 0 Å². The van der Waals surface area contributed by atoms with Crippen molar-refractivity contribution in [2.75, 3.05) is 24.6 Å². The molecule has 0 aromatic carbocycles. The second-order valence-corrected chi connectivity index (χ2v) is 5.45. The van der Waals surface area contributed by atoms with Gasteiger partial charge in [0.2, 0.25) is 11.9 Å². The quantitative estimate of drug-likeness (QED) is 0.835. The Bertz CT molecular complexity index is 394. The van der Waals surface area contributed by atoms with Crippen LogP contribution in [0.4, 0.5) is 5.95 Å². The van der Waals surface area contributed by atoms with Crippen molar-refractivity contribution in [3.05, 3.63) is 6.33 Å². The highest BCUT2D eigenvalue weighted by atomic mass is 32.2. The van der Waals surface area contributed by atoms with Crippen molar-refractivity contribution in [3.8, 4) is 0 Å². The van der Waals surface area contributed by atoms with E-state index in [1.54, 1.807) is 0 Å². The molecule has 1 atom stereocenters. The SMILES string of the molecule is CCC1CN(C(=O)Cn2cnc(N)n2)CCS1. The van der Waals surface area contributed by atoms with Gasteiger partial charge in [-0.15, -0.1) is 5.10 Å². The van der Waals surface area contributed by atoms with Crippen LogP contribution >= 0.6 is 11.8 Å². The van der Waals surface area contributed by atoms with E-state index in [9.17, 15) is 4.79 Å². The van der Waals surface area contributed by atoms with Gasteiger partial charge in [-0.2, -0.15) is 11.8 Å². The molecule has 1 aromatic rings. The van der Waals surface area contributed by atoms with Crippen LogP contribution in [0.15, 0.2) is 6.33 Å². The van der Waals surface area contributed by atoms with Crippen LogP contribution in [0.2, 0.25) is 0 Å². The summed E-state index contributed by atoms with van der Waals surface area (Å²) in [5.41, 5.74) is 5.41. The maximum Gasteiger partial charge on any atom is 0.244 e. The number of hydrogen-bond acceptors (Lipinski definition) is 5. The summed E-state index contributed by atoms with van der Waals surface area (Å²) in [6, 6.07) is 0. The van der Waals surface area contributed by atoms with E-state index < -0.39 is 0 Å². The van der Waals surface area contributed by atoms with Crippen molar-refractivity contribution >= 4 is 23.6 Å². The molecule has 0 saturated carbocycles. The van der Waals surface area contributed by atoms with Crippen LogP contribution in [-0.4, -0.2) is 49.7 Å². The molecule has 0 radical (unpaired) electrons. The molecule has 2 N–H and O–H groups in total. The fraction of sp³-hybridized carbons (Fsp3) is 0.700. The highest BCUT2D eigenvalue weighted by Crippen LogP contribution is 2.21. The summed E-state index contributed by atoms with van der Waals surface area (Å²) < 4.78 is 1.49. The third-order valence-corrected chi connectivity index (χ3v) is 4.17. The minimum absolute atomic E-state index is 0.0913. The highest BCUT2D eigenvalue weighted by molar-refractivity contribution is 8.00. The summed E-state index contributed by atoms with van der Waals surface area (Å²) in [4.78, 5) is 17.7. The zero-order valence-electron chi connectivity index (χ0n) is 9.87. The Balaban J connectivity index is 1.91. The smallest absolute Gasteiger partial charge is 0.244 e. The van der Waals surface area contributed by atoms with Gasteiger partial charge in [-0.25, -0.2) is 9.67 Å². The average molecular weight is 255 g/mol. The lowest BCUT2D eigenvalue weighted by Crippen LogP contribution is -2.43. The Hall–Kier alpha value is -1.24. The number of rotatable bonds is 3. The lowest BCUT2D eigenvalue weighted by atomic mass is 10.3. The Labute approximate surface area is 105 Å². The number of carbonyl (C=O) groups excluding carboxylic acids is 1. The molecule has 2 rings (SSSR count).